The smallest absolute Gasteiger partial charge is 0.228 e. The Morgan fingerprint density at radius 3 is 2.85 bits per heavy atom. The van der Waals surface area contributed by atoms with Gasteiger partial charge in [0.1, 0.15) is 0 Å². The fourth-order valence-electron chi connectivity index (χ4n) is 3.99. The molecule has 4 rings (SSSR count). The summed E-state index contributed by atoms with van der Waals surface area (Å²) in [5, 5.41) is 6.54. The summed E-state index contributed by atoms with van der Waals surface area (Å²) in [7, 11) is 0. The van der Waals surface area contributed by atoms with Crippen molar-refractivity contribution in [2.45, 2.75) is 50.6 Å². The number of aromatic nitrogens is 2. The maximum absolute atomic E-state index is 12.6. The van der Waals surface area contributed by atoms with Gasteiger partial charge in [0.25, 0.3) is 0 Å². The lowest BCUT2D eigenvalue weighted by molar-refractivity contribution is -0.116. The van der Waals surface area contributed by atoms with Gasteiger partial charge in [-0.1, -0.05) is 31.4 Å². The highest BCUT2D eigenvalue weighted by molar-refractivity contribution is 7.99. The van der Waals surface area contributed by atoms with Gasteiger partial charge in [-0.05, 0) is 25.0 Å². The molecule has 7 heteroatoms. The van der Waals surface area contributed by atoms with Gasteiger partial charge in [0.05, 0.1) is 11.0 Å². The molecule has 0 spiro atoms. The van der Waals surface area contributed by atoms with Gasteiger partial charge in [-0.3, -0.25) is 10.1 Å². The summed E-state index contributed by atoms with van der Waals surface area (Å²) in [6.07, 6.45) is 6.69. The van der Waals surface area contributed by atoms with Crippen molar-refractivity contribution in [2.24, 2.45) is 0 Å². The Bertz CT molecular complexity index is 738. The highest BCUT2D eigenvalue weighted by Gasteiger charge is 2.23. The molecule has 142 valence electrons. The summed E-state index contributed by atoms with van der Waals surface area (Å²) in [5.41, 5.74) is 2.10. The molecule has 5 nitrogen and oxygen atoms in total. The number of imidazole rings is 1. The van der Waals surface area contributed by atoms with Crippen LogP contribution in [0.1, 0.15) is 44.6 Å². The number of hydrogen-bond donors (Lipinski definition) is 2. The van der Waals surface area contributed by atoms with E-state index in [1.807, 2.05) is 23.9 Å². The zero-order valence-corrected chi connectivity index (χ0v) is 16.6. The summed E-state index contributed by atoms with van der Waals surface area (Å²) in [6, 6.07) is 8.93. The van der Waals surface area contributed by atoms with Crippen molar-refractivity contribution in [3.63, 3.8) is 0 Å². The number of anilines is 1. The second-order valence-electron chi connectivity index (χ2n) is 7.06. The van der Waals surface area contributed by atoms with Crippen LogP contribution in [0.3, 0.4) is 0 Å². The molecule has 2 aliphatic rings. The van der Waals surface area contributed by atoms with Crippen LogP contribution in [0.2, 0.25) is 0 Å². The van der Waals surface area contributed by atoms with Crippen molar-refractivity contribution in [3.05, 3.63) is 24.3 Å². The zero-order valence-electron chi connectivity index (χ0n) is 14.9. The topological polar surface area (TPSA) is 59.0 Å². The Morgan fingerprint density at radius 1 is 1.27 bits per heavy atom. The fourth-order valence-corrected chi connectivity index (χ4v) is 4.94. The minimum atomic E-state index is 0. The van der Waals surface area contributed by atoms with Crippen LogP contribution < -0.4 is 10.6 Å². The van der Waals surface area contributed by atoms with Gasteiger partial charge in [0.2, 0.25) is 11.9 Å². The lowest BCUT2D eigenvalue weighted by Crippen LogP contribution is -2.40. The number of para-hydroxylation sites is 2. The minimum absolute atomic E-state index is 0. The van der Waals surface area contributed by atoms with Gasteiger partial charge < -0.3 is 9.88 Å². The monoisotopic (exact) mass is 394 g/mol. The van der Waals surface area contributed by atoms with Crippen LogP contribution in [0.15, 0.2) is 24.3 Å². The standard InChI is InChI=1S/C19H26N4OS.ClH/c24-18(12-14-13-25-11-10-20-14)22-19-21-16-8-4-5-9-17(16)23(19)15-6-2-1-3-7-15;/h4-5,8-9,14-15,20H,1-3,6-7,10-13H2,(H,21,22,24);1H. The quantitative estimate of drug-likeness (QED) is 0.822. The number of benzene rings is 1. The van der Waals surface area contributed by atoms with Crippen LogP contribution in [-0.2, 0) is 4.79 Å². The van der Waals surface area contributed by atoms with E-state index in [4.69, 9.17) is 4.98 Å². The number of carbonyl (C=O) groups excluding carboxylic acids is 1. The minimum Gasteiger partial charge on any atom is -0.312 e. The molecule has 2 aromatic rings. The molecule has 2 heterocycles. The normalized spacial score (nSPS) is 21.3. The summed E-state index contributed by atoms with van der Waals surface area (Å²) < 4.78 is 2.27. The second kappa shape index (κ2) is 9.11. The summed E-state index contributed by atoms with van der Waals surface area (Å²) in [6.45, 7) is 0.989. The summed E-state index contributed by atoms with van der Waals surface area (Å²) in [4.78, 5) is 17.3. The van der Waals surface area contributed by atoms with E-state index in [0.29, 0.717) is 12.5 Å². The molecule has 0 radical (unpaired) electrons. The maximum Gasteiger partial charge on any atom is 0.228 e. The molecule has 2 N–H and O–H groups in total. The van der Waals surface area contributed by atoms with Crippen LogP contribution in [0.25, 0.3) is 11.0 Å². The van der Waals surface area contributed by atoms with Crippen molar-refractivity contribution in [2.75, 3.05) is 23.4 Å². The largest absolute Gasteiger partial charge is 0.312 e. The molecular weight excluding hydrogens is 368 g/mol. The lowest BCUT2D eigenvalue weighted by Gasteiger charge is -2.26. The number of carbonyl (C=O) groups is 1. The van der Waals surface area contributed by atoms with Crippen molar-refractivity contribution in [1.29, 1.82) is 0 Å². The molecule has 1 aliphatic heterocycles. The van der Waals surface area contributed by atoms with Gasteiger partial charge in [-0.25, -0.2) is 4.98 Å². The number of nitrogens with one attached hydrogen (secondary N) is 2. The van der Waals surface area contributed by atoms with E-state index in [2.05, 4.69) is 27.3 Å². The molecule has 26 heavy (non-hydrogen) atoms. The Kier molecular flexibility index (Phi) is 6.84. The Hall–Kier alpha value is -1.24. The first kappa shape index (κ1) is 19.5. The molecule has 1 amide bonds. The number of amides is 1. The molecule has 0 bridgehead atoms. The Morgan fingerprint density at radius 2 is 2.08 bits per heavy atom. The molecular formula is C19H27ClN4OS. The highest BCUT2D eigenvalue weighted by Crippen LogP contribution is 2.34. The first-order valence-corrected chi connectivity index (χ1v) is 10.5. The van der Waals surface area contributed by atoms with Crippen molar-refractivity contribution < 1.29 is 4.79 Å². The number of fused-ring (bicyclic) bond motifs is 1. The summed E-state index contributed by atoms with van der Waals surface area (Å²) in [5.74, 6) is 2.93. The predicted octanol–water partition coefficient (Wildman–Crippen LogP) is 4.00. The maximum atomic E-state index is 12.6. The number of thioether (sulfide) groups is 1. The van der Waals surface area contributed by atoms with E-state index in [9.17, 15) is 4.79 Å². The first-order chi connectivity index (χ1) is 12.3. The number of hydrogen-bond acceptors (Lipinski definition) is 4. The van der Waals surface area contributed by atoms with Crippen molar-refractivity contribution >= 4 is 47.1 Å². The second-order valence-corrected chi connectivity index (χ2v) is 8.21. The lowest BCUT2D eigenvalue weighted by atomic mass is 9.95. The van der Waals surface area contributed by atoms with Gasteiger partial charge in [-0.2, -0.15) is 11.8 Å². The van der Waals surface area contributed by atoms with E-state index in [1.54, 1.807) is 0 Å². The number of nitrogens with zero attached hydrogens (tertiary/aromatic N) is 2. The molecule has 1 unspecified atom stereocenters. The molecule has 1 aromatic carbocycles. The Balaban J connectivity index is 0.00000196. The van der Waals surface area contributed by atoms with Crippen LogP contribution in [0.4, 0.5) is 5.95 Å². The van der Waals surface area contributed by atoms with Gasteiger partial charge in [0.15, 0.2) is 0 Å². The third-order valence-electron chi connectivity index (χ3n) is 5.22. The first-order valence-electron chi connectivity index (χ1n) is 9.39. The van der Waals surface area contributed by atoms with Gasteiger partial charge in [0, 0.05) is 36.6 Å². The zero-order chi connectivity index (χ0) is 17.1. The van der Waals surface area contributed by atoms with Gasteiger partial charge >= 0.3 is 0 Å². The third kappa shape index (κ3) is 4.35. The van der Waals surface area contributed by atoms with E-state index in [0.717, 1.165) is 35.0 Å². The molecule has 1 saturated carbocycles. The van der Waals surface area contributed by atoms with Crippen molar-refractivity contribution in [3.8, 4) is 0 Å². The SMILES string of the molecule is Cl.O=C(CC1CSCCN1)Nc1nc2ccccc2n1C1CCCCC1. The van der Waals surface area contributed by atoms with Crippen LogP contribution in [-0.4, -0.2) is 39.6 Å². The predicted molar refractivity (Wildman–Crippen MR) is 111 cm³/mol. The molecule has 2 fully saturated rings. The van der Waals surface area contributed by atoms with Crippen molar-refractivity contribution in [1.82, 2.24) is 14.9 Å². The molecule has 1 aliphatic carbocycles. The summed E-state index contributed by atoms with van der Waals surface area (Å²) >= 11 is 1.92. The van der Waals surface area contributed by atoms with Crippen LogP contribution in [0.5, 0.6) is 0 Å². The Labute approximate surface area is 165 Å². The average molecular weight is 395 g/mol. The average Bonchev–Trinajstić information content (AvgIpc) is 3.01. The number of halogens is 1. The fraction of sp³-hybridized carbons (Fsp3) is 0.579. The number of rotatable bonds is 4. The van der Waals surface area contributed by atoms with Gasteiger partial charge in [-0.15, -0.1) is 12.4 Å². The van der Waals surface area contributed by atoms with Crippen LogP contribution >= 0.6 is 24.2 Å². The van der Waals surface area contributed by atoms with E-state index < -0.39 is 0 Å². The van der Waals surface area contributed by atoms with Crippen LogP contribution in [0, 0.1) is 0 Å². The van der Waals surface area contributed by atoms with E-state index >= 15 is 0 Å². The highest BCUT2D eigenvalue weighted by atomic mass is 35.5. The molecule has 1 atom stereocenters. The molecule has 1 saturated heterocycles. The molecule has 1 aromatic heterocycles. The van der Waals surface area contributed by atoms with E-state index in [1.165, 1.54) is 32.1 Å². The third-order valence-corrected chi connectivity index (χ3v) is 6.35. The van der Waals surface area contributed by atoms with E-state index in [-0.39, 0.29) is 24.4 Å².